The van der Waals surface area contributed by atoms with E-state index in [1.807, 2.05) is 0 Å². The number of aromatic nitrogens is 1. The van der Waals surface area contributed by atoms with Crippen LogP contribution in [0.3, 0.4) is 0 Å². The van der Waals surface area contributed by atoms with Crippen LogP contribution in [0.2, 0.25) is 0 Å². The third-order valence-electron chi connectivity index (χ3n) is 5.15. The van der Waals surface area contributed by atoms with E-state index in [0.717, 1.165) is 12.8 Å². The number of nitrogens with zero attached hydrogens (tertiary/aromatic N) is 1. The lowest BCUT2D eigenvalue weighted by molar-refractivity contribution is 0.0484. The predicted octanol–water partition coefficient (Wildman–Crippen LogP) is 3.84. The summed E-state index contributed by atoms with van der Waals surface area (Å²) in [6, 6.07) is 16.8. The van der Waals surface area contributed by atoms with Crippen LogP contribution in [0, 0.1) is 0 Å². The number of anilines is 2. The molecule has 2 N–H and O–H groups in total. The Balaban J connectivity index is 1.43. The Morgan fingerprint density at radius 2 is 1.79 bits per heavy atom. The van der Waals surface area contributed by atoms with Crippen LogP contribution in [-0.4, -0.2) is 44.6 Å². The summed E-state index contributed by atoms with van der Waals surface area (Å²) in [5.74, 6) is -0.403. The highest BCUT2D eigenvalue weighted by Crippen LogP contribution is 2.23. The Bertz CT molecular complexity index is 1260. The van der Waals surface area contributed by atoms with Gasteiger partial charge in [-0.1, -0.05) is 18.2 Å². The quantitative estimate of drug-likeness (QED) is 0.469. The Morgan fingerprint density at radius 1 is 1.03 bits per heavy atom. The second-order valence-electron chi connectivity index (χ2n) is 7.58. The summed E-state index contributed by atoms with van der Waals surface area (Å²) in [5, 5.41) is 2.55. The average Bonchev–Trinajstić information content (AvgIpc) is 3.37. The van der Waals surface area contributed by atoms with Crippen molar-refractivity contribution in [3.63, 3.8) is 0 Å². The molecule has 0 bridgehead atoms. The van der Waals surface area contributed by atoms with Crippen molar-refractivity contribution in [3.05, 3.63) is 84.2 Å². The van der Waals surface area contributed by atoms with Crippen LogP contribution in [-0.2, 0) is 19.5 Å². The molecule has 4 rings (SSSR count). The number of amides is 1. The molecule has 0 radical (unpaired) electrons. The van der Waals surface area contributed by atoms with Crippen molar-refractivity contribution in [3.8, 4) is 0 Å². The third-order valence-corrected chi connectivity index (χ3v) is 6.53. The molecular formula is C24H23N3O6S. The van der Waals surface area contributed by atoms with Crippen molar-refractivity contribution >= 4 is 33.3 Å². The molecule has 1 saturated heterocycles. The first-order valence-corrected chi connectivity index (χ1v) is 12.1. The first kappa shape index (κ1) is 23.4. The minimum Gasteiger partial charge on any atom is -0.447 e. The van der Waals surface area contributed by atoms with Gasteiger partial charge in [0.25, 0.3) is 10.0 Å². The van der Waals surface area contributed by atoms with E-state index in [1.165, 1.54) is 42.6 Å². The normalized spacial score (nSPS) is 15.5. The highest BCUT2D eigenvalue weighted by molar-refractivity contribution is 7.92. The second-order valence-corrected chi connectivity index (χ2v) is 9.26. The lowest BCUT2D eigenvalue weighted by Gasteiger charge is -2.13. The van der Waals surface area contributed by atoms with Crippen LogP contribution in [0.1, 0.15) is 28.9 Å². The summed E-state index contributed by atoms with van der Waals surface area (Å²) in [5.41, 5.74) is 0.896. The molecule has 1 atom stereocenters. The minimum absolute atomic E-state index is 0.0362. The van der Waals surface area contributed by atoms with Crippen molar-refractivity contribution in [1.29, 1.82) is 0 Å². The first-order chi connectivity index (χ1) is 16.4. The predicted molar refractivity (Wildman–Crippen MR) is 125 cm³/mol. The van der Waals surface area contributed by atoms with Crippen molar-refractivity contribution < 1.29 is 27.5 Å². The van der Waals surface area contributed by atoms with E-state index in [-0.39, 0.29) is 34.6 Å². The zero-order valence-electron chi connectivity index (χ0n) is 18.1. The minimum atomic E-state index is -4.00. The van der Waals surface area contributed by atoms with Crippen molar-refractivity contribution in [2.45, 2.75) is 23.8 Å². The number of rotatable bonds is 8. The molecule has 0 spiro atoms. The number of carbonyl (C=O) groups excluding carboxylic acids is 2. The standard InChI is InChI=1S/C24H23N3O6S/c28-23(22-9-3-4-14-25-22)20-7-1-2-8-21(20)27-34(30,31)19-12-10-17(11-13-19)26-24(29)33-16-18-6-5-15-32-18/h1-4,7-14,18,27H,5-6,15-16H2,(H,26,29)/t18-/m0/s1. The maximum atomic E-state index is 12.9. The number of carbonyl (C=O) groups is 2. The molecule has 176 valence electrons. The number of nitrogens with one attached hydrogen (secondary N) is 2. The number of ketones is 1. The Kier molecular flexibility index (Phi) is 7.19. The van der Waals surface area contributed by atoms with E-state index >= 15 is 0 Å². The van der Waals surface area contributed by atoms with Crippen molar-refractivity contribution in [2.24, 2.45) is 0 Å². The molecule has 1 aromatic heterocycles. The number of hydrogen-bond donors (Lipinski definition) is 2. The number of para-hydroxylation sites is 1. The van der Waals surface area contributed by atoms with Crippen LogP contribution in [0.25, 0.3) is 0 Å². The molecule has 10 heteroatoms. The zero-order chi connectivity index (χ0) is 24.0. The maximum absolute atomic E-state index is 12.9. The number of ether oxygens (including phenoxy) is 2. The van der Waals surface area contributed by atoms with Gasteiger partial charge in [0.05, 0.1) is 16.7 Å². The lowest BCUT2D eigenvalue weighted by Crippen LogP contribution is -2.21. The number of pyridine rings is 1. The van der Waals surface area contributed by atoms with Gasteiger partial charge in [0.15, 0.2) is 0 Å². The highest BCUT2D eigenvalue weighted by atomic mass is 32.2. The van der Waals surface area contributed by atoms with E-state index in [1.54, 1.807) is 30.3 Å². The summed E-state index contributed by atoms with van der Waals surface area (Å²) in [6.07, 6.45) is 2.56. The molecule has 1 amide bonds. The third kappa shape index (κ3) is 5.77. The van der Waals surface area contributed by atoms with Crippen molar-refractivity contribution in [2.75, 3.05) is 23.3 Å². The van der Waals surface area contributed by atoms with Crippen LogP contribution >= 0.6 is 0 Å². The van der Waals surface area contributed by atoms with Gasteiger partial charge >= 0.3 is 6.09 Å². The van der Waals surface area contributed by atoms with E-state index in [4.69, 9.17) is 9.47 Å². The first-order valence-electron chi connectivity index (χ1n) is 10.7. The molecule has 2 heterocycles. The fourth-order valence-corrected chi connectivity index (χ4v) is 4.50. The van der Waals surface area contributed by atoms with E-state index in [0.29, 0.717) is 12.3 Å². The van der Waals surface area contributed by atoms with E-state index in [9.17, 15) is 18.0 Å². The zero-order valence-corrected chi connectivity index (χ0v) is 19.0. The topological polar surface area (TPSA) is 124 Å². The van der Waals surface area contributed by atoms with Gasteiger partial charge in [0, 0.05) is 24.1 Å². The summed E-state index contributed by atoms with van der Waals surface area (Å²) < 4.78 is 38.9. The van der Waals surface area contributed by atoms with Gasteiger partial charge in [-0.15, -0.1) is 0 Å². The van der Waals surface area contributed by atoms with Gasteiger partial charge in [0.1, 0.15) is 12.3 Å². The SMILES string of the molecule is O=C(Nc1ccc(S(=O)(=O)Nc2ccccc2C(=O)c2ccccn2)cc1)OC[C@@H]1CCCO1. The van der Waals surface area contributed by atoms with Gasteiger partial charge in [0.2, 0.25) is 5.78 Å². The van der Waals surface area contributed by atoms with Crippen LogP contribution in [0.15, 0.2) is 77.8 Å². The number of benzene rings is 2. The molecule has 0 unspecified atom stereocenters. The monoisotopic (exact) mass is 481 g/mol. The molecule has 2 aromatic carbocycles. The Hall–Kier alpha value is -3.76. The van der Waals surface area contributed by atoms with Crippen LogP contribution < -0.4 is 10.0 Å². The fourth-order valence-electron chi connectivity index (χ4n) is 3.42. The molecular weight excluding hydrogens is 458 g/mol. The molecule has 3 aromatic rings. The molecule has 1 aliphatic rings. The largest absolute Gasteiger partial charge is 0.447 e. The molecule has 1 fully saturated rings. The fraction of sp³-hybridized carbons (Fsp3) is 0.208. The Labute approximate surface area is 197 Å². The molecule has 9 nitrogen and oxygen atoms in total. The Morgan fingerprint density at radius 3 is 2.50 bits per heavy atom. The average molecular weight is 482 g/mol. The molecule has 0 saturated carbocycles. The van der Waals surface area contributed by atoms with Crippen molar-refractivity contribution in [1.82, 2.24) is 4.98 Å². The van der Waals surface area contributed by atoms with E-state index < -0.39 is 21.9 Å². The molecule has 1 aliphatic heterocycles. The summed E-state index contributed by atoms with van der Waals surface area (Å²) in [6.45, 7) is 0.834. The van der Waals surface area contributed by atoms with Gasteiger partial charge in [-0.25, -0.2) is 13.2 Å². The summed E-state index contributed by atoms with van der Waals surface area (Å²) in [4.78, 5) is 28.8. The van der Waals surface area contributed by atoms with E-state index in [2.05, 4.69) is 15.0 Å². The van der Waals surface area contributed by atoms with Gasteiger partial charge in [-0.2, -0.15) is 0 Å². The lowest BCUT2D eigenvalue weighted by atomic mass is 10.1. The molecule has 0 aliphatic carbocycles. The second kappa shape index (κ2) is 10.4. The van der Waals surface area contributed by atoms with Crippen LogP contribution in [0.4, 0.5) is 16.2 Å². The van der Waals surface area contributed by atoms with Gasteiger partial charge in [-0.05, 0) is 61.4 Å². The summed E-state index contributed by atoms with van der Waals surface area (Å²) in [7, 11) is -4.00. The smallest absolute Gasteiger partial charge is 0.411 e. The number of hydrogen-bond acceptors (Lipinski definition) is 7. The summed E-state index contributed by atoms with van der Waals surface area (Å²) >= 11 is 0. The van der Waals surface area contributed by atoms with Gasteiger partial charge in [-0.3, -0.25) is 19.8 Å². The van der Waals surface area contributed by atoms with Crippen LogP contribution in [0.5, 0.6) is 0 Å². The maximum Gasteiger partial charge on any atom is 0.411 e. The molecule has 34 heavy (non-hydrogen) atoms. The highest BCUT2D eigenvalue weighted by Gasteiger charge is 2.21. The number of sulfonamides is 1. The van der Waals surface area contributed by atoms with Gasteiger partial charge < -0.3 is 9.47 Å².